The van der Waals surface area contributed by atoms with Crippen LogP contribution in [-0.4, -0.2) is 54.1 Å². The highest BCUT2D eigenvalue weighted by Gasteiger charge is 2.52. The van der Waals surface area contributed by atoms with E-state index in [2.05, 4.69) is 22.8 Å². The molecule has 3 rings (SSSR count). The molecule has 2 aliphatic heterocycles. The van der Waals surface area contributed by atoms with Crippen LogP contribution in [0.5, 0.6) is 0 Å². The van der Waals surface area contributed by atoms with Crippen molar-refractivity contribution in [3.63, 3.8) is 0 Å². The summed E-state index contributed by atoms with van der Waals surface area (Å²) in [6.07, 6.45) is 4.94. The van der Waals surface area contributed by atoms with E-state index in [-0.39, 0.29) is 5.54 Å². The Morgan fingerprint density at radius 3 is 2.88 bits per heavy atom. The van der Waals surface area contributed by atoms with E-state index in [0.717, 1.165) is 50.3 Å². The molecule has 0 aliphatic carbocycles. The quantitative estimate of drug-likeness (QED) is 0.802. The Balaban J connectivity index is 1.82. The molecule has 1 aromatic rings. The van der Waals surface area contributed by atoms with Crippen LogP contribution in [0.4, 0.5) is 0 Å². The number of piperidine rings is 1. The minimum absolute atomic E-state index is 0.0236. The van der Waals surface area contributed by atoms with Crippen molar-refractivity contribution in [3.8, 4) is 0 Å². The summed E-state index contributed by atoms with van der Waals surface area (Å²) in [5.41, 5.74) is -0.0236. The van der Waals surface area contributed by atoms with E-state index in [9.17, 15) is 4.79 Å². The monoisotopic (exact) mass is 334 g/mol. The fraction of sp³-hybridized carbons (Fsp3) is 0.737. The van der Waals surface area contributed by atoms with Gasteiger partial charge in [-0.25, -0.2) is 0 Å². The molecule has 2 aliphatic rings. The van der Waals surface area contributed by atoms with Gasteiger partial charge in [0.1, 0.15) is 11.5 Å². The number of carbonyl (C=O) groups excluding carboxylic acids is 1. The molecule has 0 N–H and O–H groups in total. The number of hydrogen-bond acceptors (Lipinski definition) is 4. The lowest BCUT2D eigenvalue weighted by Crippen LogP contribution is -2.63. The van der Waals surface area contributed by atoms with Crippen LogP contribution < -0.4 is 0 Å². The summed E-state index contributed by atoms with van der Waals surface area (Å²) in [6.45, 7) is 7.46. The van der Waals surface area contributed by atoms with E-state index in [4.69, 9.17) is 9.15 Å². The number of hydrogen-bond donors (Lipinski definition) is 0. The first-order chi connectivity index (χ1) is 11.6. The Kier molecular flexibility index (Phi) is 5.30. The second kappa shape index (κ2) is 7.28. The number of likely N-dealkylation sites (tertiary alicyclic amines) is 2. The lowest BCUT2D eigenvalue weighted by atomic mass is 9.77. The van der Waals surface area contributed by atoms with E-state index in [1.54, 1.807) is 7.11 Å². The maximum Gasteiger partial charge on any atom is 0.223 e. The van der Waals surface area contributed by atoms with Crippen molar-refractivity contribution in [2.75, 3.05) is 26.8 Å². The minimum Gasteiger partial charge on any atom is -0.465 e. The van der Waals surface area contributed by atoms with Crippen LogP contribution >= 0.6 is 0 Å². The molecular formula is C19H30N2O3. The van der Waals surface area contributed by atoms with Gasteiger partial charge >= 0.3 is 0 Å². The van der Waals surface area contributed by atoms with Gasteiger partial charge in [0.25, 0.3) is 0 Å². The zero-order chi connectivity index (χ0) is 17.2. The van der Waals surface area contributed by atoms with Crippen molar-refractivity contribution in [1.29, 1.82) is 0 Å². The Morgan fingerprint density at radius 2 is 2.21 bits per heavy atom. The SMILES string of the molecule is CC[C@H]1N(Cc2ccc(C)o2)CCC[C@]12CCC(=O)N2CCOC. The molecule has 0 saturated carbocycles. The molecule has 24 heavy (non-hydrogen) atoms. The van der Waals surface area contributed by atoms with E-state index < -0.39 is 0 Å². The third kappa shape index (κ3) is 3.11. The highest BCUT2D eigenvalue weighted by molar-refractivity contribution is 5.80. The van der Waals surface area contributed by atoms with Crippen LogP contribution in [0, 0.1) is 6.92 Å². The number of aryl methyl sites for hydroxylation is 1. The van der Waals surface area contributed by atoms with E-state index in [0.29, 0.717) is 31.5 Å². The topological polar surface area (TPSA) is 45.9 Å². The third-order valence-corrected chi connectivity index (χ3v) is 5.79. The summed E-state index contributed by atoms with van der Waals surface area (Å²) in [6, 6.07) is 4.49. The number of ether oxygens (including phenoxy) is 1. The van der Waals surface area contributed by atoms with Crippen LogP contribution in [0.3, 0.4) is 0 Å². The van der Waals surface area contributed by atoms with Gasteiger partial charge in [-0.1, -0.05) is 6.92 Å². The third-order valence-electron chi connectivity index (χ3n) is 5.79. The summed E-state index contributed by atoms with van der Waals surface area (Å²) >= 11 is 0. The van der Waals surface area contributed by atoms with Gasteiger partial charge in [0.05, 0.1) is 18.7 Å². The summed E-state index contributed by atoms with van der Waals surface area (Å²) in [4.78, 5) is 17.2. The van der Waals surface area contributed by atoms with E-state index in [1.165, 1.54) is 0 Å². The molecule has 0 aromatic carbocycles. The van der Waals surface area contributed by atoms with Crippen molar-refractivity contribution >= 4 is 5.91 Å². The van der Waals surface area contributed by atoms with Crippen LogP contribution in [0.1, 0.15) is 50.5 Å². The fourth-order valence-corrected chi connectivity index (χ4v) is 4.83. The smallest absolute Gasteiger partial charge is 0.223 e. The fourth-order valence-electron chi connectivity index (χ4n) is 4.83. The predicted octanol–water partition coefficient (Wildman–Crippen LogP) is 2.97. The largest absolute Gasteiger partial charge is 0.465 e. The number of carbonyl (C=O) groups is 1. The first-order valence-corrected chi connectivity index (χ1v) is 9.19. The van der Waals surface area contributed by atoms with Gasteiger partial charge in [0.15, 0.2) is 0 Å². The van der Waals surface area contributed by atoms with Crippen LogP contribution in [0.25, 0.3) is 0 Å². The average Bonchev–Trinajstić information content (AvgIpc) is 3.11. The second-order valence-corrected chi connectivity index (χ2v) is 7.15. The zero-order valence-corrected chi connectivity index (χ0v) is 15.2. The van der Waals surface area contributed by atoms with Gasteiger partial charge in [-0.2, -0.15) is 0 Å². The standard InChI is InChI=1S/C19H30N2O3/c1-4-17-19(10-8-18(22)21(19)12-13-23-3)9-5-11-20(17)14-16-7-6-15(2)24-16/h6-7,17H,4-5,8-14H2,1-3H3/t17-,19+/m1/s1. The van der Waals surface area contributed by atoms with Gasteiger partial charge in [-0.15, -0.1) is 0 Å². The summed E-state index contributed by atoms with van der Waals surface area (Å²) < 4.78 is 11.1. The predicted molar refractivity (Wildman–Crippen MR) is 92.7 cm³/mol. The summed E-state index contributed by atoms with van der Waals surface area (Å²) in [5, 5.41) is 0. The Hall–Kier alpha value is -1.33. The lowest BCUT2D eigenvalue weighted by molar-refractivity contribution is -0.136. The molecule has 0 radical (unpaired) electrons. The molecular weight excluding hydrogens is 304 g/mol. The van der Waals surface area contributed by atoms with Gasteiger partial charge in [0.2, 0.25) is 5.91 Å². The highest BCUT2D eigenvalue weighted by Crippen LogP contribution is 2.43. The maximum absolute atomic E-state index is 12.5. The van der Waals surface area contributed by atoms with Crippen molar-refractivity contribution in [3.05, 3.63) is 23.7 Å². The molecule has 5 nitrogen and oxygen atoms in total. The molecule has 0 unspecified atom stereocenters. The molecule has 5 heteroatoms. The Bertz CT molecular complexity index is 571. The molecule has 1 spiro atoms. The van der Waals surface area contributed by atoms with E-state index >= 15 is 0 Å². The maximum atomic E-state index is 12.5. The van der Waals surface area contributed by atoms with E-state index in [1.807, 2.05) is 13.0 Å². The number of methoxy groups -OCH3 is 1. The van der Waals surface area contributed by atoms with Crippen LogP contribution in [-0.2, 0) is 16.1 Å². The van der Waals surface area contributed by atoms with Gasteiger partial charge in [0, 0.05) is 26.1 Å². The van der Waals surface area contributed by atoms with Crippen LogP contribution in [0.15, 0.2) is 16.5 Å². The number of amides is 1. The van der Waals surface area contributed by atoms with Crippen molar-refractivity contribution in [1.82, 2.24) is 9.80 Å². The molecule has 2 atom stereocenters. The Morgan fingerprint density at radius 1 is 1.38 bits per heavy atom. The number of nitrogens with zero attached hydrogens (tertiary/aromatic N) is 2. The van der Waals surface area contributed by atoms with Crippen molar-refractivity contribution < 1.29 is 13.9 Å². The molecule has 1 aromatic heterocycles. The van der Waals surface area contributed by atoms with Crippen LogP contribution in [0.2, 0.25) is 0 Å². The molecule has 2 fully saturated rings. The molecule has 3 heterocycles. The Labute approximate surface area is 144 Å². The van der Waals surface area contributed by atoms with Gasteiger partial charge in [-0.05, 0) is 51.3 Å². The van der Waals surface area contributed by atoms with Gasteiger partial charge in [-0.3, -0.25) is 9.69 Å². The normalized spacial score (nSPS) is 28.2. The molecule has 2 saturated heterocycles. The summed E-state index contributed by atoms with van der Waals surface area (Å²) in [5.74, 6) is 2.28. The van der Waals surface area contributed by atoms with Crippen molar-refractivity contribution in [2.45, 2.75) is 64.1 Å². The van der Waals surface area contributed by atoms with Gasteiger partial charge < -0.3 is 14.1 Å². The zero-order valence-electron chi connectivity index (χ0n) is 15.2. The second-order valence-electron chi connectivity index (χ2n) is 7.15. The highest BCUT2D eigenvalue weighted by atomic mass is 16.5. The first kappa shape index (κ1) is 17.5. The van der Waals surface area contributed by atoms with Crippen molar-refractivity contribution in [2.24, 2.45) is 0 Å². The first-order valence-electron chi connectivity index (χ1n) is 9.19. The average molecular weight is 334 g/mol. The molecule has 0 bridgehead atoms. The number of furan rings is 1. The lowest BCUT2D eigenvalue weighted by Gasteiger charge is -2.52. The summed E-state index contributed by atoms with van der Waals surface area (Å²) in [7, 11) is 1.71. The minimum atomic E-state index is -0.0236. The molecule has 134 valence electrons. The molecule has 1 amide bonds. The number of rotatable bonds is 6.